The predicted molar refractivity (Wildman–Crippen MR) is 192 cm³/mol. The van der Waals surface area contributed by atoms with Crippen LogP contribution >= 0.6 is 11.8 Å². The van der Waals surface area contributed by atoms with E-state index in [1.807, 2.05) is 0 Å². The first-order valence-electron chi connectivity index (χ1n) is 16.9. The molecule has 0 aromatic carbocycles. The van der Waals surface area contributed by atoms with E-state index in [1.165, 1.54) is 26.4 Å². The van der Waals surface area contributed by atoms with Crippen LogP contribution in [0.1, 0.15) is 113 Å². The van der Waals surface area contributed by atoms with Gasteiger partial charge in [0.05, 0.1) is 19.3 Å². The number of ether oxygens (including phenoxy) is 1. The molecule has 0 fully saturated rings. The number of carbonyl (C=O) groups is 2. The summed E-state index contributed by atoms with van der Waals surface area (Å²) in [5, 5.41) is 9.15. The Morgan fingerprint density at radius 1 is 1.00 bits per heavy atom. The monoisotopic (exact) mass is 670 g/mol. The highest BCUT2D eigenvalue weighted by molar-refractivity contribution is 8.03. The van der Waals surface area contributed by atoms with Gasteiger partial charge in [0.25, 0.3) is 0 Å². The molecule has 0 saturated carbocycles. The van der Waals surface area contributed by atoms with E-state index in [2.05, 4.69) is 93.7 Å². The van der Waals surface area contributed by atoms with Crippen LogP contribution < -0.4 is 0 Å². The molecular formula is C35H66O6SSi2. The molecule has 0 radical (unpaired) electrons. The second-order valence-electron chi connectivity index (χ2n) is 15.8. The number of carbonyl (C=O) groups excluding carboxylic acids is 1. The molecule has 9 heteroatoms. The third kappa shape index (κ3) is 13.1. The molecule has 1 N–H and O–H groups in total. The number of methoxy groups -OCH3 is 1. The summed E-state index contributed by atoms with van der Waals surface area (Å²) >= 11 is 1.72. The van der Waals surface area contributed by atoms with E-state index in [9.17, 15) is 9.59 Å². The molecule has 0 bridgehead atoms. The lowest BCUT2D eigenvalue weighted by Crippen LogP contribution is -2.45. The molecule has 6 nitrogen and oxygen atoms in total. The standard InChI is InChI=1S/C35H66O6SSi2/c1-14-15-19-26(2)24-27(40-43(10,11)34(3,4)5)21-22-28-30(41-44(12,13)35(6,7)8)25-29(33(38)39-9)32(28)42-23-18-16-17-20-31(36)37/h21-22,26-28,30H,14-20,23-25H2,1-13H3,(H,36,37)/b22-21+/t26-,27-,28+,30-/m1/s1. The zero-order chi connectivity index (χ0) is 33.9. The quantitative estimate of drug-likeness (QED) is 0.0634. The van der Waals surface area contributed by atoms with E-state index in [4.69, 9.17) is 18.7 Å². The number of hydrogen-bond donors (Lipinski definition) is 1. The van der Waals surface area contributed by atoms with Crippen molar-refractivity contribution in [2.45, 2.75) is 162 Å². The molecule has 0 amide bonds. The number of carboxylic acids is 1. The molecule has 256 valence electrons. The number of thioether (sulfide) groups is 1. The minimum absolute atomic E-state index is 0.000661. The maximum absolute atomic E-state index is 13.1. The molecule has 4 atom stereocenters. The Morgan fingerprint density at radius 2 is 1.61 bits per heavy atom. The van der Waals surface area contributed by atoms with Gasteiger partial charge >= 0.3 is 11.9 Å². The van der Waals surface area contributed by atoms with E-state index < -0.39 is 22.6 Å². The highest BCUT2D eigenvalue weighted by Gasteiger charge is 2.45. The van der Waals surface area contributed by atoms with Crippen LogP contribution in [-0.4, -0.2) is 58.8 Å². The SMILES string of the molecule is CCCC[C@@H](C)C[C@@H](/C=C/[C@@H]1C(SCCCCCC(=O)O)=C(C(=O)OC)C[C@H]1O[Si](C)(C)C(C)(C)C)O[Si](C)(C)C(C)(C)C. The lowest BCUT2D eigenvalue weighted by atomic mass is 9.96. The van der Waals surface area contributed by atoms with Crippen molar-refractivity contribution in [3.8, 4) is 0 Å². The Kier molecular flexibility index (Phi) is 16.7. The summed E-state index contributed by atoms with van der Waals surface area (Å²) in [4.78, 5) is 25.1. The van der Waals surface area contributed by atoms with Crippen molar-refractivity contribution in [3.05, 3.63) is 22.6 Å². The Bertz CT molecular complexity index is 977. The molecule has 1 aliphatic rings. The van der Waals surface area contributed by atoms with Crippen molar-refractivity contribution in [1.29, 1.82) is 0 Å². The third-order valence-corrected chi connectivity index (χ3v) is 20.2. The van der Waals surface area contributed by atoms with E-state index in [0.717, 1.165) is 35.5 Å². The van der Waals surface area contributed by atoms with Crippen molar-refractivity contribution in [1.82, 2.24) is 0 Å². The zero-order valence-corrected chi connectivity index (χ0v) is 33.2. The highest BCUT2D eigenvalue weighted by atomic mass is 32.2. The molecule has 0 aliphatic heterocycles. The van der Waals surface area contributed by atoms with Gasteiger partial charge in [0.2, 0.25) is 0 Å². The van der Waals surface area contributed by atoms with Gasteiger partial charge in [0.15, 0.2) is 16.6 Å². The maximum Gasteiger partial charge on any atom is 0.334 e. The van der Waals surface area contributed by atoms with Gasteiger partial charge in [-0.3, -0.25) is 4.79 Å². The van der Waals surface area contributed by atoms with Crippen molar-refractivity contribution in [2.75, 3.05) is 12.9 Å². The molecule has 1 rings (SSSR count). The van der Waals surface area contributed by atoms with Crippen molar-refractivity contribution >= 4 is 40.3 Å². The van der Waals surface area contributed by atoms with Crippen LogP contribution in [0.25, 0.3) is 0 Å². The smallest absolute Gasteiger partial charge is 0.334 e. The summed E-state index contributed by atoms with van der Waals surface area (Å²) in [6.45, 7) is 27.4. The van der Waals surface area contributed by atoms with Gasteiger partial charge < -0.3 is 18.7 Å². The van der Waals surface area contributed by atoms with Crippen LogP contribution in [0.5, 0.6) is 0 Å². The van der Waals surface area contributed by atoms with Crippen molar-refractivity contribution in [3.63, 3.8) is 0 Å². The van der Waals surface area contributed by atoms with Gasteiger partial charge in [-0.15, -0.1) is 11.8 Å². The maximum atomic E-state index is 13.1. The number of hydrogen-bond acceptors (Lipinski definition) is 6. The van der Waals surface area contributed by atoms with Crippen LogP contribution in [0.4, 0.5) is 0 Å². The average molecular weight is 671 g/mol. The highest BCUT2D eigenvalue weighted by Crippen LogP contribution is 2.47. The number of rotatable bonds is 19. The lowest BCUT2D eigenvalue weighted by molar-refractivity contribution is -0.137. The van der Waals surface area contributed by atoms with E-state index >= 15 is 0 Å². The Hall–Kier alpha value is -0.876. The Labute approximate surface area is 276 Å². The fourth-order valence-electron chi connectivity index (χ4n) is 4.94. The fraction of sp³-hybridized carbons (Fsp3) is 0.829. The van der Waals surface area contributed by atoms with Gasteiger partial charge in [-0.05, 0) is 67.2 Å². The molecule has 0 spiro atoms. The van der Waals surface area contributed by atoms with Gasteiger partial charge in [-0.2, -0.15) is 0 Å². The second kappa shape index (κ2) is 17.9. The number of esters is 1. The summed E-state index contributed by atoms with van der Waals surface area (Å²) in [5.74, 6) is 0.292. The van der Waals surface area contributed by atoms with Gasteiger partial charge in [0, 0.05) is 29.2 Å². The Morgan fingerprint density at radius 3 is 2.14 bits per heavy atom. The summed E-state index contributed by atoms with van der Waals surface area (Å²) < 4.78 is 19.4. The molecule has 0 aromatic heterocycles. The molecule has 44 heavy (non-hydrogen) atoms. The first-order valence-corrected chi connectivity index (χ1v) is 23.7. The van der Waals surface area contributed by atoms with E-state index in [0.29, 0.717) is 18.8 Å². The largest absolute Gasteiger partial charge is 0.481 e. The van der Waals surface area contributed by atoms with Crippen LogP contribution in [-0.2, 0) is 23.2 Å². The molecule has 0 saturated heterocycles. The molecule has 0 unspecified atom stereocenters. The van der Waals surface area contributed by atoms with Crippen LogP contribution in [0.15, 0.2) is 22.6 Å². The minimum Gasteiger partial charge on any atom is -0.481 e. The summed E-state index contributed by atoms with van der Waals surface area (Å²) in [6, 6.07) is 0. The van der Waals surface area contributed by atoms with Crippen LogP contribution in [0.2, 0.25) is 36.3 Å². The minimum atomic E-state index is -2.14. The average Bonchev–Trinajstić information content (AvgIpc) is 3.21. The fourth-order valence-corrected chi connectivity index (χ4v) is 8.90. The third-order valence-electron chi connectivity index (χ3n) is 9.85. The number of unbranched alkanes of at least 4 members (excludes halogenated alkanes) is 3. The van der Waals surface area contributed by atoms with Crippen molar-refractivity contribution < 1.29 is 28.3 Å². The summed E-state index contributed by atoms with van der Waals surface area (Å²) in [7, 11) is -2.71. The van der Waals surface area contributed by atoms with E-state index in [-0.39, 0.29) is 40.6 Å². The first-order chi connectivity index (χ1) is 20.2. The van der Waals surface area contributed by atoms with Gasteiger partial charge in [-0.25, -0.2) is 4.79 Å². The normalized spacial score (nSPS) is 19.9. The molecule has 0 heterocycles. The molecule has 1 aliphatic carbocycles. The Balaban J connectivity index is 3.49. The van der Waals surface area contributed by atoms with Gasteiger partial charge in [-0.1, -0.05) is 93.2 Å². The zero-order valence-electron chi connectivity index (χ0n) is 30.4. The lowest BCUT2D eigenvalue weighted by Gasteiger charge is -2.40. The second-order valence-corrected chi connectivity index (χ2v) is 26.5. The summed E-state index contributed by atoms with van der Waals surface area (Å²) in [6.07, 6.45) is 12.2. The first kappa shape index (κ1) is 41.1. The number of carboxylic acid groups (broad SMARTS) is 1. The van der Waals surface area contributed by atoms with E-state index in [1.54, 1.807) is 11.8 Å². The summed E-state index contributed by atoms with van der Waals surface area (Å²) in [5.41, 5.74) is 0.722. The van der Waals surface area contributed by atoms with Crippen molar-refractivity contribution in [2.24, 2.45) is 11.8 Å². The number of aliphatic carboxylic acids is 1. The van der Waals surface area contributed by atoms with Crippen LogP contribution in [0, 0.1) is 11.8 Å². The molecule has 0 aromatic rings. The van der Waals surface area contributed by atoms with Gasteiger partial charge in [0.1, 0.15) is 0 Å². The predicted octanol–water partition coefficient (Wildman–Crippen LogP) is 10.4. The van der Waals surface area contributed by atoms with Crippen LogP contribution in [0.3, 0.4) is 0 Å². The molecular weight excluding hydrogens is 605 g/mol. The topological polar surface area (TPSA) is 82.1 Å².